The van der Waals surface area contributed by atoms with Crippen LogP contribution in [-0.4, -0.2) is 40.6 Å². The first-order chi connectivity index (χ1) is 15.7. The molecule has 1 saturated carbocycles. The van der Waals surface area contributed by atoms with Crippen molar-refractivity contribution in [2.75, 3.05) is 6.61 Å². The van der Waals surface area contributed by atoms with Gasteiger partial charge in [0.05, 0.1) is 12.2 Å². The Labute approximate surface area is 209 Å². The Morgan fingerprint density at radius 3 is 1.74 bits per heavy atom. The Morgan fingerprint density at radius 2 is 1.32 bits per heavy atom. The largest absolute Gasteiger partial charge is 0.416 e. The first kappa shape index (κ1) is 27.1. The molecule has 0 heterocycles. The quantitative estimate of drug-likeness (QED) is 0.384. The minimum Gasteiger partial charge on any atom is -0.416 e. The first-order valence-corrected chi connectivity index (χ1v) is 17.3. The zero-order chi connectivity index (χ0) is 25.4. The minimum absolute atomic E-state index is 0.0224. The molecule has 0 aromatic heterocycles. The molecule has 3 atom stereocenters. The Balaban J connectivity index is 2.05. The predicted octanol–water partition coefficient (Wildman–Crippen LogP) is 5.89. The number of aliphatic hydroxyl groups is 1. The SMILES string of the molecule is C=C1C(CO[Si](C)(C)C(C)(C)C)[C@@H](O[Si](c2ccccc2)(c2ccccc2)C(C)(C)C)C[C@H]1O. The highest BCUT2D eigenvalue weighted by molar-refractivity contribution is 6.99. The van der Waals surface area contributed by atoms with Gasteiger partial charge in [-0.15, -0.1) is 0 Å². The number of hydrogen-bond donors (Lipinski definition) is 1. The van der Waals surface area contributed by atoms with Crippen LogP contribution < -0.4 is 10.4 Å². The molecule has 2 aromatic rings. The molecule has 0 bridgehead atoms. The van der Waals surface area contributed by atoms with Crippen LogP contribution in [0.4, 0.5) is 0 Å². The Kier molecular flexibility index (Phi) is 7.86. The Morgan fingerprint density at radius 1 is 0.853 bits per heavy atom. The van der Waals surface area contributed by atoms with E-state index in [0.29, 0.717) is 13.0 Å². The van der Waals surface area contributed by atoms with E-state index in [1.807, 2.05) is 0 Å². The van der Waals surface area contributed by atoms with Crippen molar-refractivity contribution in [3.63, 3.8) is 0 Å². The maximum absolute atomic E-state index is 10.9. The van der Waals surface area contributed by atoms with Gasteiger partial charge in [-0.3, -0.25) is 0 Å². The molecule has 1 aliphatic rings. The summed E-state index contributed by atoms with van der Waals surface area (Å²) in [6.45, 7) is 23.0. The summed E-state index contributed by atoms with van der Waals surface area (Å²) in [5.41, 5.74) is 0.849. The van der Waals surface area contributed by atoms with E-state index in [0.717, 1.165) is 5.57 Å². The minimum atomic E-state index is -2.72. The third kappa shape index (κ3) is 5.19. The molecule has 0 spiro atoms. The molecule has 186 valence electrons. The maximum Gasteiger partial charge on any atom is 0.261 e. The van der Waals surface area contributed by atoms with E-state index in [-0.39, 0.29) is 22.1 Å². The van der Waals surface area contributed by atoms with E-state index < -0.39 is 22.7 Å². The smallest absolute Gasteiger partial charge is 0.261 e. The lowest BCUT2D eigenvalue weighted by Crippen LogP contribution is -2.68. The summed E-state index contributed by atoms with van der Waals surface area (Å²) < 4.78 is 14.0. The molecule has 0 radical (unpaired) electrons. The van der Waals surface area contributed by atoms with Crippen molar-refractivity contribution in [2.24, 2.45) is 5.92 Å². The van der Waals surface area contributed by atoms with Gasteiger partial charge in [0.15, 0.2) is 8.32 Å². The van der Waals surface area contributed by atoms with Crippen LogP contribution in [-0.2, 0) is 8.85 Å². The summed E-state index contributed by atoms with van der Waals surface area (Å²) in [6, 6.07) is 21.4. The highest BCUT2D eigenvalue weighted by Gasteiger charge is 2.54. The van der Waals surface area contributed by atoms with Crippen LogP contribution >= 0.6 is 0 Å². The summed E-state index contributed by atoms with van der Waals surface area (Å²) >= 11 is 0. The molecule has 3 rings (SSSR count). The van der Waals surface area contributed by atoms with Gasteiger partial charge in [-0.2, -0.15) is 0 Å². The molecular formula is C29H44O3Si2. The zero-order valence-corrected chi connectivity index (χ0v) is 24.4. The highest BCUT2D eigenvalue weighted by Crippen LogP contribution is 2.43. The molecule has 1 aliphatic carbocycles. The number of hydrogen-bond acceptors (Lipinski definition) is 3. The van der Waals surface area contributed by atoms with Crippen molar-refractivity contribution < 1.29 is 14.0 Å². The summed E-state index contributed by atoms with van der Waals surface area (Å²) in [4.78, 5) is 0. The standard InChI is InChI=1S/C29H44O3Si2/c1-22-25(21-31-33(8,9)28(2,3)4)27(20-26(22)30)32-34(29(5,6)7,23-16-12-10-13-17-23)24-18-14-11-15-19-24/h10-19,25-27,30H,1,20-21H2,2-9H3/t25?,26-,27+/m1/s1. The Hall–Kier alpha value is -1.51. The fourth-order valence-electron chi connectivity index (χ4n) is 4.80. The van der Waals surface area contributed by atoms with E-state index >= 15 is 0 Å². The van der Waals surface area contributed by atoms with Gasteiger partial charge in [0.2, 0.25) is 0 Å². The van der Waals surface area contributed by atoms with E-state index in [1.165, 1.54) is 10.4 Å². The first-order valence-electron chi connectivity index (χ1n) is 12.5. The van der Waals surface area contributed by atoms with Crippen LogP contribution in [0, 0.1) is 5.92 Å². The van der Waals surface area contributed by atoms with Crippen LogP contribution in [0.3, 0.4) is 0 Å². The van der Waals surface area contributed by atoms with E-state index in [4.69, 9.17) is 8.85 Å². The zero-order valence-electron chi connectivity index (χ0n) is 22.4. The van der Waals surface area contributed by atoms with Gasteiger partial charge in [0, 0.05) is 18.9 Å². The van der Waals surface area contributed by atoms with Gasteiger partial charge in [-0.05, 0) is 39.1 Å². The molecule has 0 aliphatic heterocycles. The van der Waals surface area contributed by atoms with Gasteiger partial charge in [-0.1, -0.05) is 109 Å². The maximum atomic E-state index is 10.9. The number of benzene rings is 2. The van der Waals surface area contributed by atoms with Crippen molar-refractivity contribution in [1.29, 1.82) is 0 Å². The van der Waals surface area contributed by atoms with Crippen molar-refractivity contribution in [3.05, 3.63) is 72.8 Å². The lowest BCUT2D eigenvalue weighted by atomic mass is 10.0. The molecular weight excluding hydrogens is 452 g/mol. The van der Waals surface area contributed by atoms with Gasteiger partial charge in [-0.25, -0.2) is 0 Å². The number of aliphatic hydroxyl groups excluding tert-OH is 1. The molecule has 5 heteroatoms. The summed E-state index contributed by atoms with van der Waals surface area (Å²) in [7, 11) is -4.67. The highest BCUT2D eigenvalue weighted by atomic mass is 28.4. The fraction of sp³-hybridized carbons (Fsp3) is 0.517. The second kappa shape index (κ2) is 9.86. The molecule has 1 unspecified atom stereocenters. The van der Waals surface area contributed by atoms with Crippen LogP contribution in [0.1, 0.15) is 48.0 Å². The molecule has 1 N–H and O–H groups in total. The number of rotatable bonds is 7. The molecule has 1 fully saturated rings. The van der Waals surface area contributed by atoms with Crippen LogP contribution in [0.15, 0.2) is 72.8 Å². The molecule has 34 heavy (non-hydrogen) atoms. The van der Waals surface area contributed by atoms with Crippen molar-refractivity contribution in [2.45, 2.75) is 83.3 Å². The molecule has 3 nitrogen and oxygen atoms in total. The average Bonchev–Trinajstić information content (AvgIpc) is 3.02. The van der Waals surface area contributed by atoms with Crippen molar-refractivity contribution in [1.82, 2.24) is 0 Å². The van der Waals surface area contributed by atoms with Gasteiger partial charge in [0.1, 0.15) is 0 Å². The topological polar surface area (TPSA) is 38.7 Å². The van der Waals surface area contributed by atoms with E-state index in [1.54, 1.807) is 0 Å². The van der Waals surface area contributed by atoms with E-state index in [2.05, 4.69) is 122 Å². The summed E-state index contributed by atoms with van der Waals surface area (Å²) in [6.07, 6.45) is -0.135. The monoisotopic (exact) mass is 496 g/mol. The summed E-state index contributed by atoms with van der Waals surface area (Å²) in [5, 5.41) is 13.4. The van der Waals surface area contributed by atoms with Crippen molar-refractivity contribution >= 4 is 27.0 Å². The summed E-state index contributed by atoms with van der Waals surface area (Å²) in [5.74, 6) is -0.0224. The Bertz CT molecular complexity index is 919. The molecule has 0 amide bonds. The third-order valence-corrected chi connectivity index (χ3v) is 17.5. The van der Waals surface area contributed by atoms with E-state index in [9.17, 15) is 5.11 Å². The molecule has 0 saturated heterocycles. The van der Waals surface area contributed by atoms with Crippen LogP contribution in [0.5, 0.6) is 0 Å². The van der Waals surface area contributed by atoms with Gasteiger partial charge in [0.25, 0.3) is 8.32 Å². The van der Waals surface area contributed by atoms with Gasteiger partial charge >= 0.3 is 0 Å². The van der Waals surface area contributed by atoms with Crippen LogP contribution in [0.2, 0.25) is 23.2 Å². The van der Waals surface area contributed by atoms with Gasteiger partial charge < -0.3 is 14.0 Å². The lowest BCUT2D eigenvalue weighted by molar-refractivity contribution is 0.107. The second-order valence-electron chi connectivity index (χ2n) is 12.3. The average molecular weight is 497 g/mol. The third-order valence-electron chi connectivity index (χ3n) is 7.98. The lowest BCUT2D eigenvalue weighted by Gasteiger charge is -2.46. The normalized spacial score (nSPS) is 22.3. The van der Waals surface area contributed by atoms with Crippen LogP contribution in [0.25, 0.3) is 0 Å². The second-order valence-corrected chi connectivity index (χ2v) is 21.4. The fourth-order valence-corrected chi connectivity index (χ4v) is 10.6. The van der Waals surface area contributed by atoms with Crippen molar-refractivity contribution in [3.8, 4) is 0 Å². The predicted molar refractivity (Wildman–Crippen MR) is 149 cm³/mol. The molecule has 2 aromatic carbocycles.